The highest BCUT2D eigenvalue weighted by molar-refractivity contribution is 7.71. The zero-order valence-corrected chi connectivity index (χ0v) is 15.9. The first kappa shape index (κ1) is 18.1. The van der Waals surface area contributed by atoms with E-state index < -0.39 is 0 Å². The van der Waals surface area contributed by atoms with Crippen LogP contribution < -0.4 is 5.32 Å². The molecule has 6 nitrogen and oxygen atoms in total. The molecular weight excluding hydrogens is 346 g/mol. The number of aromatic nitrogens is 4. The maximum absolute atomic E-state index is 12.5. The monoisotopic (exact) mass is 369 g/mol. The van der Waals surface area contributed by atoms with E-state index in [1.807, 2.05) is 58.1 Å². The Morgan fingerprint density at radius 2 is 1.88 bits per heavy atom. The second-order valence-electron chi connectivity index (χ2n) is 6.04. The number of anilines is 1. The maximum atomic E-state index is 12.5. The lowest BCUT2D eigenvalue weighted by Gasteiger charge is -2.09. The Morgan fingerprint density at radius 3 is 2.58 bits per heavy atom. The summed E-state index contributed by atoms with van der Waals surface area (Å²) in [6, 6.07) is 11.7. The van der Waals surface area contributed by atoms with Crippen molar-refractivity contribution < 1.29 is 4.79 Å². The maximum Gasteiger partial charge on any atom is 0.246 e. The minimum Gasteiger partial charge on any atom is -0.324 e. The molecule has 2 heterocycles. The Hall–Kier alpha value is -2.67. The number of hydrogen-bond donors (Lipinski definition) is 1. The Kier molecular flexibility index (Phi) is 5.68. The van der Waals surface area contributed by atoms with E-state index in [9.17, 15) is 4.79 Å². The summed E-state index contributed by atoms with van der Waals surface area (Å²) in [5.74, 6) is 0.706. The Balaban J connectivity index is 1.85. The quantitative estimate of drug-likeness (QED) is 0.646. The molecule has 26 heavy (non-hydrogen) atoms. The van der Waals surface area contributed by atoms with E-state index in [1.54, 1.807) is 4.68 Å². The van der Waals surface area contributed by atoms with Crippen LogP contribution in [0, 0.1) is 4.77 Å². The molecule has 0 radical (unpaired) electrons. The molecule has 0 spiro atoms. The van der Waals surface area contributed by atoms with Crippen molar-refractivity contribution >= 4 is 23.8 Å². The van der Waals surface area contributed by atoms with Crippen LogP contribution in [0.15, 0.2) is 48.8 Å². The van der Waals surface area contributed by atoms with Gasteiger partial charge in [-0.25, -0.2) is 9.36 Å². The molecule has 0 aliphatic rings. The molecule has 0 aliphatic heterocycles. The fourth-order valence-corrected chi connectivity index (χ4v) is 3.20. The molecule has 1 amide bonds. The van der Waals surface area contributed by atoms with Crippen molar-refractivity contribution in [3.63, 3.8) is 0 Å². The summed E-state index contributed by atoms with van der Waals surface area (Å²) in [5, 5.41) is 7.54. The first-order chi connectivity index (χ1) is 12.6. The van der Waals surface area contributed by atoms with Crippen molar-refractivity contribution in [3.8, 4) is 0 Å². The Labute approximate surface area is 158 Å². The number of carbonyl (C=O) groups excluding carboxylic acids is 1. The molecule has 136 valence electrons. The summed E-state index contributed by atoms with van der Waals surface area (Å²) in [4.78, 5) is 12.5. The Morgan fingerprint density at radius 1 is 1.15 bits per heavy atom. The third-order valence-electron chi connectivity index (χ3n) is 4.14. The highest BCUT2D eigenvalue weighted by Crippen LogP contribution is 2.15. The van der Waals surface area contributed by atoms with E-state index in [-0.39, 0.29) is 12.5 Å². The fraction of sp³-hybridized carbons (Fsp3) is 0.316. The van der Waals surface area contributed by atoms with E-state index in [0.29, 0.717) is 4.77 Å². The molecule has 3 rings (SSSR count). The van der Waals surface area contributed by atoms with Crippen LogP contribution in [0.5, 0.6) is 0 Å². The van der Waals surface area contributed by atoms with Gasteiger partial charge in [0.1, 0.15) is 6.54 Å². The topological polar surface area (TPSA) is 56.8 Å². The number of amides is 1. The van der Waals surface area contributed by atoms with Crippen LogP contribution in [0.1, 0.15) is 31.7 Å². The van der Waals surface area contributed by atoms with Gasteiger partial charge in [0.25, 0.3) is 0 Å². The third-order valence-corrected chi connectivity index (χ3v) is 4.53. The molecule has 2 aromatic heterocycles. The molecule has 7 heteroatoms. The second-order valence-corrected chi connectivity index (χ2v) is 6.41. The molecule has 0 saturated heterocycles. The smallest absolute Gasteiger partial charge is 0.246 e. The van der Waals surface area contributed by atoms with Crippen LogP contribution in [0.2, 0.25) is 0 Å². The highest BCUT2D eigenvalue weighted by atomic mass is 32.1. The van der Waals surface area contributed by atoms with Crippen LogP contribution in [-0.2, 0) is 24.2 Å². The number of hydrogen-bond acceptors (Lipinski definition) is 3. The van der Waals surface area contributed by atoms with Crippen molar-refractivity contribution in [2.45, 2.75) is 39.7 Å². The summed E-state index contributed by atoms with van der Waals surface area (Å²) in [5.41, 5.74) is 1.94. The molecule has 1 N–H and O–H groups in total. The average Bonchev–Trinajstić information content (AvgIpc) is 3.24. The predicted octanol–water partition coefficient (Wildman–Crippen LogP) is 3.68. The van der Waals surface area contributed by atoms with Gasteiger partial charge in [-0.3, -0.25) is 9.47 Å². The van der Waals surface area contributed by atoms with Crippen molar-refractivity contribution in [3.05, 3.63) is 65.0 Å². The normalized spacial score (nSPS) is 10.8. The van der Waals surface area contributed by atoms with Gasteiger partial charge in [-0.15, -0.1) is 0 Å². The minimum atomic E-state index is -0.137. The fourth-order valence-electron chi connectivity index (χ4n) is 2.89. The first-order valence-electron chi connectivity index (χ1n) is 8.84. The van der Waals surface area contributed by atoms with Gasteiger partial charge in [0.2, 0.25) is 10.7 Å². The van der Waals surface area contributed by atoms with E-state index in [0.717, 1.165) is 36.3 Å². The molecule has 0 fully saturated rings. The number of aryl methyl sites for hydroxylation is 2. The van der Waals surface area contributed by atoms with E-state index in [4.69, 9.17) is 12.2 Å². The number of nitrogens with zero attached hydrogens (tertiary/aromatic N) is 4. The number of para-hydroxylation sites is 1. The van der Waals surface area contributed by atoms with E-state index >= 15 is 0 Å². The van der Waals surface area contributed by atoms with Gasteiger partial charge < -0.3 is 5.32 Å². The molecular formula is C19H23N5OS. The molecule has 0 bridgehead atoms. The zero-order valence-electron chi connectivity index (χ0n) is 15.1. The summed E-state index contributed by atoms with van der Waals surface area (Å²) in [6.07, 6.45) is 6.42. The molecule has 0 unspecified atom stereocenters. The summed E-state index contributed by atoms with van der Waals surface area (Å²) in [7, 11) is 0. The van der Waals surface area contributed by atoms with Gasteiger partial charge >= 0.3 is 0 Å². The van der Waals surface area contributed by atoms with Crippen LogP contribution in [0.25, 0.3) is 0 Å². The molecule has 0 atom stereocenters. The van der Waals surface area contributed by atoms with Crippen molar-refractivity contribution in [2.24, 2.45) is 0 Å². The first-order valence-corrected chi connectivity index (χ1v) is 9.25. The van der Waals surface area contributed by atoms with Crippen LogP contribution in [0.3, 0.4) is 0 Å². The lowest BCUT2D eigenvalue weighted by atomic mass is 10.1. The molecule has 1 aromatic carbocycles. The largest absolute Gasteiger partial charge is 0.324 e. The highest BCUT2D eigenvalue weighted by Gasteiger charge is 2.14. The lowest BCUT2D eigenvalue weighted by Crippen LogP contribution is -2.20. The third kappa shape index (κ3) is 3.77. The van der Waals surface area contributed by atoms with E-state index in [2.05, 4.69) is 24.3 Å². The second kappa shape index (κ2) is 8.14. The van der Waals surface area contributed by atoms with Crippen LogP contribution in [0.4, 0.5) is 5.69 Å². The number of benzene rings is 1. The van der Waals surface area contributed by atoms with E-state index in [1.165, 1.54) is 0 Å². The van der Waals surface area contributed by atoms with Gasteiger partial charge in [0, 0.05) is 24.5 Å². The van der Waals surface area contributed by atoms with Gasteiger partial charge in [-0.1, -0.05) is 32.0 Å². The average molecular weight is 369 g/mol. The van der Waals surface area contributed by atoms with Gasteiger partial charge in [0.05, 0.1) is 0 Å². The Bertz CT molecular complexity index is 939. The number of carbonyl (C=O) groups is 1. The van der Waals surface area contributed by atoms with Crippen molar-refractivity contribution in [1.82, 2.24) is 19.1 Å². The number of nitrogens with one attached hydrogen (secondary N) is 1. The van der Waals surface area contributed by atoms with Gasteiger partial charge in [-0.2, -0.15) is 5.10 Å². The summed E-state index contributed by atoms with van der Waals surface area (Å²) in [6.45, 7) is 4.25. The number of rotatable bonds is 7. The minimum absolute atomic E-state index is 0.0852. The molecule has 0 saturated carbocycles. The summed E-state index contributed by atoms with van der Waals surface area (Å²) >= 11 is 5.57. The SMILES string of the molecule is CCCc1nn(CC(=O)Nc2ccccc2CC)c(=S)n1-n1cccc1. The van der Waals surface area contributed by atoms with Crippen LogP contribution in [-0.4, -0.2) is 25.0 Å². The van der Waals surface area contributed by atoms with Crippen LogP contribution >= 0.6 is 12.2 Å². The van der Waals surface area contributed by atoms with Crippen molar-refractivity contribution in [1.29, 1.82) is 0 Å². The molecule has 3 aromatic rings. The lowest BCUT2D eigenvalue weighted by molar-refractivity contribution is -0.116. The standard InChI is InChI=1S/C19H23N5OS/c1-3-9-17-21-23(19(26)24(17)22-12-7-8-13-22)14-18(25)20-16-11-6-5-10-15(16)4-2/h5-8,10-13H,3-4,9,14H2,1-2H3,(H,20,25). The predicted molar refractivity (Wildman–Crippen MR) is 105 cm³/mol. The van der Waals surface area contributed by atoms with Gasteiger partial charge in [0.15, 0.2) is 5.82 Å². The molecule has 0 aliphatic carbocycles. The zero-order chi connectivity index (χ0) is 18.5. The van der Waals surface area contributed by atoms with Crippen molar-refractivity contribution in [2.75, 3.05) is 5.32 Å². The van der Waals surface area contributed by atoms with Gasteiger partial charge in [-0.05, 0) is 48.8 Å². The summed E-state index contributed by atoms with van der Waals surface area (Å²) < 4.78 is 5.85.